The van der Waals surface area contributed by atoms with Crippen LogP contribution >= 0.6 is 0 Å². The lowest BCUT2D eigenvalue weighted by Crippen LogP contribution is -2.36. The molecule has 2 heterocycles. The van der Waals surface area contributed by atoms with E-state index in [0.717, 1.165) is 41.3 Å². The molecule has 1 saturated heterocycles. The van der Waals surface area contributed by atoms with Crippen LogP contribution in [0.25, 0.3) is 5.57 Å². The van der Waals surface area contributed by atoms with E-state index in [1.54, 1.807) is 37.6 Å². The van der Waals surface area contributed by atoms with Crippen LogP contribution in [-0.2, 0) is 11.4 Å². The lowest BCUT2D eigenvalue weighted by molar-refractivity contribution is 0.407. The second kappa shape index (κ2) is 7.57. The number of nitrogens with zero attached hydrogens (tertiary/aromatic N) is 3. The van der Waals surface area contributed by atoms with E-state index in [1.165, 1.54) is 5.57 Å². The third-order valence-electron chi connectivity index (χ3n) is 4.96. The molecule has 6 heteroatoms. The molecular weight excluding hydrogens is 358 g/mol. The Labute approximate surface area is 161 Å². The molecule has 2 aliphatic rings. The summed E-state index contributed by atoms with van der Waals surface area (Å²) < 4.78 is 20.2. The first-order chi connectivity index (χ1) is 13.2. The summed E-state index contributed by atoms with van der Waals surface area (Å²) >= 11 is -1.23. The molecule has 5 nitrogen and oxygen atoms in total. The molecule has 27 heavy (non-hydrogen) atoms. The zero-order chi connectivity index (χ0) is 18.8. The van der Waals surface area contributed by atoms with Crippen molar-refractivity contribution in [1.29, 1.82) is 5.26 Å². The largest absolute Gasteiger partial charge is 0.593 e. The van der Waals surface area contributed by atoms with Crippen LogP contribution in [0, 0.1) is 11.3 Å². The van der Waals surface area contributed by atoms with Gasteiger partial charge in [0.25, 0.3) is 0 Å². The van der Waals surface area contributed by atoms with Gasteiger partial charge in [-0.15, -0.1) is 4.31 Å². The Morgan fingerprint density at radius 3 is 2.74 bits per heavy atom. The number of hydrogen-bond acceptors (Lipinski definition) is 5. The third-order valence-corrected chi connectivity index (χ3v) is 6.50. The predicted octanol–water partition coefficient (Wildman–Crippen LogP) is 3.47. The van der Waals surface area contributed by atoms with Gasteiger partial charge >= 0.3 is 0 Å². The summed E-state index contributed by atoms with van der Waals surface area (Å²) in [4.78, 5) is 5.21. The normalized spacial score (nSPS) is 20.3. The second-order valence-corrected chi connectivity index (χ2v) is 7.93. The number of nitriles is 1. The van der Waals surface area contributed by atoms with Gasteiger partial charge in [-0.1, -0.05) is 12.2 Å². The summed E-state index contributed by atoms with van der Waals surface area (Å²) in [5.74, 6) is 0.741. The molecule has 1 fully saturated rings. The maximum atomic E-state index is 13.0. The van der Waals surface area contributed by atoms with Gasteiger partial charge < -0.3 is 9.29 Å². The number of methoxy groups -OCH3 is 1. The number of hydrogen-bond donors (Lipinski definition) is 0. The van der Waals surface area contributed by atoms with Gasteiger partial charge in [0.1, 0.15) is 5.75 Å². The van der Waals surface area contributed by atoms with E-state index in [-0.39, 0.29) is 6.04 Å². The van der Waals surface area contributed by atoms with Crippen LogP contribution in [0.15, 0.2) is 65.2 Å². The standard InChI is InChI=1S/C21H19N3O2S/c1-26-18-5-8-20(23-14-18)16-4-9-21-17(12-16)10-11-24(21)27(25)19-6-2-15(13-22)3-7-19/h2-8,12,14,21H,9-11H2,1H3. The van der Waals surface area contributed by atoms with Crippen molar-refractivity contribution in [2.24, 2.45) is 0 Å². The number of ether oxygens (including phenoxy) is 1. The van der Waals surface area contributed by atoms with Crippen LogP contribution in [0.4, 0.5) is 0 Å². The van der Waals surface area contributed by atoms with Gasteiger partial charge in [-0.05, 0) is 60.4 Å². The van der Waals surface area contributed by atoms with Crippen LogP contribution in [0.1, 0.15) is 24.1 Å². The number of rotatable bonds is 4. The fraction of sp³-hybridized carbons (Fsp3) is 0.238. The Hall–Kier alpha value is -2.59. The van der Waals surface area contributed by atoms with Crippen molar-refractivity contribution in [3.8, 4) is 11.8 Å². The van der Waals surface area contributed by atoms with Gasteiger partial charge in [0.05, 0.1) is 48.0 Å². The highest BCUT2D eigenvalue weighted by Gasteiger charge is 2.39. The zero-order valence-electron chi connectivity index (χ0n) is 15.0. The maximum Gasteiger partial charge on any atom is 0.174 e. The molecule has 2 aromatic rings. The summed E-state index contributed by atoms with van der Waals surface area (Å²) in [6, 6.07) is 13.1. The first-order valence-corrected chi connectivity index (χ1v) is 9.90. The van der Waals surface area contributed by atoms with Gasteiger partial charge in [-0.2, -0.15) is 5.26 Å². The molecule has 1 aromatic heterocycles. The minimum absolute atomic E-state index is 0.156. The minimum atomic E-state index is -1.23. The molecule has 4 rings (SSSR count). The molecule has 1 aromatic carbocycles. The van der Waals surface area contributed by atoms with E-state index in [4.69, 9.17) is 10.00 Å². The van der Waals surface area contributed by atoms with Crippen LogP contribution < -0.4 is 4.74 Å². The van der Waals surface area contributed by atoms with Gasteiger partial charge in [0, 0.05) is 6.54 Å². The molecule has 0 saturated carbocycles. The lowest BCUT2D eigenvalue weighted by atomic mass is 9.94. The summed E-state index contributed by atoms with van der Waals surface area (Å²) in [6.45, 7) is 0.764. The molecular formula is C21H19N3O2S. The van der Waals surface area contributed by atoms with Gasteiger partial charge in [0.2, 0.25) is 0 Å². The van der Waals surface area contributed by atoms with E-state index < -0.39 is 11.4 Å². The van der Waals surface area contributed by atoms with E-state index in [1.807, 2.05) is 16.4 Å². The quantitative estimate of drug-likeness (QED) is 0.763. The first-order valence-electron chi connectivity index (χ1n) is 8.79. The topological polar surface area (TPSA) is 72.2 Å². The third kappa shape index (κ3) is 3.50. The number of fused-ring (bicyclic) bond motifs is 1. The van der Waals surface area contributed by atoms with Crippen molar-refractivity contribution in [3.05, 3.63) is 71.6 Å². The maximum absolute atomic E-state index is 13.0. The summed E-state index contributed by atoms with van der Waals surface area (Å²) in [7, 11) is 1.63. The van der Waals surface area contributed by atoms with Gasteiger partial charge in [0.15, 0.2) is 4.90 Å². The number of allylic oxidation sites excluding steroid dienone is 2. The molecule has 2 atom stereocenters. The second-order valence-electron chi connectivity index (χ2n) is 6.49. The van der Waals surface area contributed by atoms with Gasteiger partial charge in [-0.3, -0.25) is 4.98 Å². The molecule has 2 unspecified atom stereocenters. The Balaban J connectivity index is 1.51. The van der Waals surface area contributed by atoms with Crippen LogP contribution in [-0.4, -0.2) is 33.5 Å². The summed E-state index contributed by atoms with van der Waals surface area (Å²) in [6.07, 6.45) is 7.79. The van der Waals surface area contributed by atoms with Crippen molar-refractivity contribution >= 4 is 16.9 Å². The predicted molar refractivity (Wildman–Crippen MR) is 104 cm³/mol. The van der Waals surface area contributed by atoms with Crippen LogP contribution in [0.5, 0.6) is 5.75 Å². The van der Waals surface area contributed by atoms with E-state index in [9.17, 15) is 4.55 Å². The molecule has 0 N–H and O–H groups in total. The van der Waals surface area contributed by atoms with Crippen molar-refractivity contribution in [2.75, 3.05) is 13.7 Å². The molecule has 0 radical (unpaired) electrons. The fourth-order valence-electron chi connectivity index (χ4n) is 3.51. The highest BCUT2D eigenvalue weighted by molar-refractivity contribution is 7.89. The van der Waals surface area contributed by atoms with Gasteiger partial charge in [-0.25, -0.2) is 0 Å². The Kier molecular flexibility index (Phi) is 4.99. The van der Waals surface area contributed by atoms with E-state index in [2.05, 4.69) is 23.2 Å². The molecule has 1 aliphatic carbocycles. The monoisotopic (exact) mass is 377 g/mol. The number of pyridine rings is 1. The highest BCUT2D eigenvalue weighted by Crippen LogP contribution is 2.37. The van der Waals surface area contributed by atoms with Crippen LogP contribution in [0.2, 0.25) is 0 Å². The molecule has 0 spiro atoms. The summed E-state index contributed by atoms with van der Waals surface area (Å²) in [5, 5.41) is 8.92. The van der Waals surface area contributed by atoms with E-state index in [0.29, 0.717) is 5.56 Å². The smallest absolute Gasteiger partial charge is 0.174 e. The molecule has 1 aliphatic heterocycles. The molecule has 0 amide bonds. The Morgan fingerprint density at radius 2 is 2.07 bits per heavy atom. The summed E-state index contributed by atoms with van der Waals surface area (Å²) in [5.41, 5.74) is 3.91. The Bertz CT molecular complexity index is 929. The SMILES string of the molecule is COc1ccc(C2=CCC3C(=C2)CCN3[S+]([O-])c2ccc(C#N)cc2)nc1. The van der Waals surface area contributed by atoms with Crippen molar-refractivity contribution in [1.82, 2.24) is 9.29 Å². The fourth-order valence-corrected chi connectivity index (χ4v) is 4.86. The minimum Gasteiger partial charge on any atom is -0.593 e. The molecule has 136 valence electrons. The average Bonchev–Trinajstić information content (AvgIpc) is 3.16. The zero-order valence-corrected chi connectivity index (χ0v) is 15.8. The van der Waals surface area contributed by atoms with E-state index >= 15 is 0 Å². The number of aromatic nitrogens is 1. The lowest BCUT2D eigenvalue weighted by Gasteiger charge is -2.27. The highest BCUT2D eigenvalue weighted by atomic mass is 32.2. The first kappa shape index (κ1) is 17.8. The van der Waals surface area contributed by atoms with Crippen molar-refractivity contribution < 1.29 is 9.29 Å². The van der Waals surface area contributed by atoms with Crippen molar-refractivity contribution in [3.63, 3.8) is 0 Å². The number of benzene rings is 1. The molecule has 0 bridgehead atoms. The average molecular weight is 377 g/mol. The Morgan fingerprint density at radius 1 is 1.26 bits per heavy atom. The van der Waals surface area contributed by atoms with Crippen LogP contribution in [0.3, 0.4) is 0 Å². The van der Waals surface area contributed by atoms with Crippen molar-refractivity contribution in [2.45, 2.75) is 23.8 Å².